The van der Waals surface area contributed by atoms with Gasteiger partial charge in [-0.15, -0.1) is 0 Å². The predicted octanol–water partition coefficient (Wildman–Crippen LogP) is 3.07. The molecular formula is C18H21ClN4O3S. The smallest absolute Gasteiger partial charge is 0.321 e. The van der Waals surface area contributed by atoms with E-state index in [4.69, 9.17) is 11.6 Å². The normalized spacial score (nSPS) is 14.7. The molecule has 7 nitrogen and oxygen atoms in total. The molecule has 0 radical (unpaired) electrons. The molecule has 1 aliphatic heterocycles. The molecule has 144 valence electrons. The monoisotopic (exact) mass is 408 g/mol. The molecule has 1 heterocycles. The first kappa shape index (κ1) is 19.3. The minimum Gasteiger partial charge on any atom is -0.368 e. The van der Waals surface area contributed by atoms with Crippen molar-refractivity contribution in [3.8, 4) is 0 Å². The van der Waals surface area contributed by atoms with Crippen LogP contribution in [0.4, 0.5) is 21.9 Å². The first-order valence-electron chi connectivity index (χ1n) is 8.44. The lowest BCUT2D eigenvalue weighted by molar-refractivity contribution is 0.208. The molecule has 0 aliphatic carbocycles. The fraction of sp³-hybridized carbons (Fsp3) is 0.278. The van der Waals surface area contributed by atoms with Gasteiger partial charge in [0.1, 0.15) is 0 Å². The summed E-state index contributed by atoms with van der Waals surface area (Å²) in [7, 11) is -3.32. The van der Waals surface area contributed by atoms with Crippen molar-refractivity contribution >= 4 is 44.7 Å². The molecule has 1 fully saturated rings. The highest BCUT2D eigenvalue weighted by Crippen LogP contribution is 2.21. The maximum atomic E-state index is 12.4. The number of nitrogens with zero attached hydrogens (tertiary/aromatic N) is 2. The molecule has 2 aromatic rings. The maximum Gasteiger partial charge on any atom is 0.321 e. The highest BCUT2D eigenvalue weighted by molar-refractivity contribution is 7.92. The van der Waals surface area contributed by atoms with Crippen LogP contribution in [0.1, 0.15) is 0 Å². The maximum absolute atomic E-state index is 12.4. The largest absolute Gasteiger partial charge is 0.368 e. The Balaban J connectivity index is 1.53. The van der Waals surface area contributed by atoms with Crippen molar-refractivity contribution in [2.45, 2.75) is 0 Å². The van der Waals surface area contributed by atoms with Crippen molar-refractivity contribution in [1.29, 1.82) is 0 Å². The van der Waals surface area contributed by atoms with Crippen LogP contribution in [0, 0.1) is 0 Å². The molecule has 27 heavy (non-hydrogen) atoms. The lowest BCUT2D eigenvalue weighted by atomic mass is 10.2. The van der Waals surface area contributed by atoms with Crippen molar-refractivity contribution in [3.05, 3.63) is 53.6 Å². The van der Waals surface area contributed by atoms with E-state index in [1.54, 1.807) is 29.2 Å². The van der Waals surface area contributed by atoms with Crippen molar-refractivity contribution in [2.24, 2.45) is 0 Å². The minimum atomic E-state index is -3.32. The molecule has 0 unspecified atom stereocenters. The highest BCUT2D eigenvalue weighted by atomic mass is 35.5. The molecule has 0 bridgehead atoms. The molecule has 3 rings (SSSR count). The van der Waals surface area contributed by atoms with Gasteiger partial charge >= 0.3 is 6.03 Å². The number of rotatable bonds is 4. The third kappa shape index (κ3) is 5.51. The quantitative estimate of drug-likeness (QED) is 0.814. The average molecular weight is 409 g/mol. The van der Waals surface area contributed by atoms with Gasteiger partial charge in [0.25, 0.3) is 0 Å². The molecule has 2 N–H and O–H groups in total. The minimum absolute atomic E-state index is 0.176. The van der Waals surface area contributed by atoms with Gasteiger partial charge in [-0.2, -0.15) is 0 Å². The summed E-state index contributed by atoms with van der Waals surface area (Å²) in [4.78, 5) is 16.4. The molecule has 2 amide bonds. The first-order chi connectivity index (χ1) is 12.8. The Morgan fingerprint density at radius 1 is 1.00 bits per heavy atom. The Kier molecular flexibility index (Phi) is 5.76. The second kappa shape index (κ2) is 8.06. The summed E-state index contributed by atoms with van der Waals surface area (Å²) in [5, 5.41) is 3.53. The second-order valence-corrected chi connectivity index (χ2v) is 8.52. The van der Waals surface area contributed by atoms with E-state index >= 15 is 0 Å². The van der Waals surface area contributed by atoms with E-state index in [1.807, 2.05) is 24.3 Å². The molecule has 1 saturated heterocycles. The molecular weight excluding hydrogens is 388 g/mol. The lowest BCUT2D eigenvalue weighted by Crippen LogP contribution is -2.50. The number of carbonyl (C=O) groups excluding carboxylic acids is 1. The van der Waals surface area contributed by atoms with Gasteiger partial charge in [-0.25, -0.2) is 13.2 Å². The zero-order valence-corrected chi connectivity index (χ0v) is 16.4. The number of nitrogens with one attached hydrogen (secondary N) is 2. The number of sulfonamides is 1. The molecule has 0 aromatic heterocycles. The van der Waals surface area contributed by atoms with Crippen LogP contribution in [0.5, 0.6) is 0 Å². The van der Waals surface area contributed by atoms with E-state index < -0.39 is 10.0 Å². The Morgan fingerprint density at radius 3 is 2.22 bits per heavy atom. The Hall–Kier alpha value is -2.45. The third-order valence-corrected chi connectivity index (χ3v) is 5.02. The van der Waals surface area contributed by atoms with E-state index in [0.29, 0.717) is 29.5 Å². The zero-order valence-electron chi connectivity index (χ0n) is 14.9. The summed E-state index contributed by atoms with van der Waals surface area (Å²) >= 11 is 6.04. The molecule has 0 atom stereocenters. The van der Waals surface area contributed by atoms with E-state index in [1.165, 1.54) is 0 Å². The van der Waals surface area contributed by atoms with E-state index in [9.17, 15) is 13.2 Å². The van der Waals surface area contributed by atoms with Gasteiger partial charge in [0, 0.05) is 48.3 Å². The summed E-state index contributed by atoms with van der Waals surface area (Å²) in [5.41, 5.74) is 2.11. The van der Waals surface area contributed by atoms with Crippen molar-refractivity contribution in [2.75, 3.05) is 47.4 Å². The highest BCUT2D eigenvalue weighted by Gasteiger charge is 2.21. The van der Waals surface area contributed by atoms with E-state index in [-0.39, 0.29) is 6.03 Å². The topological polar surface area (TPSA) is 81.8 Å². The molecule has 1 aliphatic rings. The lowest BCUT2D eigenvalue weighted by Gasteiger charge is -2.36. The summed E-state index contributed by atoms with van der Waals surface area (Å²) in [5.74, 6) is 0. The number of amides is 2. The summed E-state index contributed by atoms with van der Waals surface area (Å²) in [6.45, 7) is 2.66. The fourth-order valence-electron chi connectivity index (χ4n) is 2.88. The van der Waals surface area contributed by atoms with Gasteiger partial charge in [-0.1, -0.05) is 17.7 Å². The van der Waals surface area contributed by atoms with E-state index in [0.717, 1.165) is 25.0 Å². The summed E-state index contributed by atoms with van der Waals surface area (Å²) in [6.07, 6.45) is 1.09. The number of anilines is 3. The van der Waals surface area contributed by atoms with Crippen LogP contribution < -0.4 is 14.9 Å². The molecule has 0 spiro atoms. The fourth-order valence-corrected chi connectivity index (χ4v) is 3.63. The van der Waals surface area contributed by atoms with Crippen LogP contribution in [0.2, 0.25) is 5.02 Å². The Morgan fingerprint density at radius 2 is 1.63 bits per heavy atom. The van der Waals surface area contributed by atoms with Gasteiger partial charge < -0.3 is 15.1 Å². The molecule has 2 aromatic carbocycles. The number of piperazine rings is 1. The summed E-state index contributed by atoms with van der Waals surface area (Å²) in [6, 6.07) is 14.0. The van der Waals surface area contributed by atoms with Crippen molar-refractivity contribution in [1.82, 2.24) is 4.90 Å². The van der Waals surface area contributed by atoms with Gasteiger partial charge in [0.05, 0.1) is 6.26 Å². The number of urea groups is 1. The van der Waals surface area contributed by atoms with Crippen LogP contribution in [-0.2, 0) is 10.0 Å². The van der Waals surface area contributed by atoms with Crippen LogP contribution in [0.25, 0.3) is 0 Å². The van der Waals surface area contributed by atoms with E-state index in [2.05, 4.69) is 14.9 Å². The molecule has 9 heteroatoms. The van der Waals surface area contributed by atoms with Gasteiger partial charge in [0.2, 0.25) is 10.0 Å². The third-order valence-electron chi connectivity index (χ3n) is 4.18. The number of hydrogen-bond acceptors (Lipinski definition) is 4. The van der Waals surface area contributed by atoms with Crippen LogP contribution >= 0.6 is 11.6 Å². The Labute approximate surface area is 164 Å². The van der Waals surface area contributed by atoms with Gasteiger partial charge in [0.15, 0.2) is 0 Å². The van der Waals surface area contributed by atoms with Crippen LogP contribution in [-0.4, -0.2) is 51.8 Å². The first-order valence-corrected chi connectivity index (χ1v) is 10.7. The number of benzene rings is 2. The van der Waals surface area contributed by atoms with Crippen LogP contribution in [0.15, 0.2) is 48.5 Å². The average Bonchev–Trinajstić information content (AvgIpc) is 2.62. The molecule has 0 saturated carbocycles. The number of hydrogen-bond donors (Lipinski definition) is 2. The van der Waals surface area contributed by atoms with Gasteiger partial charge in [-0.3, -0.25) is 4.72 Å². The van der Waals surface area contributed by atoms with Crippen molar-refractivity contribution in [3.63, 3.8) is 0 Å². The summed E-state index contributed by atoms with van der Waals surface area (Å²) < 4.78 is 24.8. The van der Waals surface area contributed by atoms with Crippen molar-refractivity contribution < 1.29 is 13.2 Å². The SMILES string of the molecule is CS(=O)(=O)Nc1ccc(NC(=O)N2CCN(c3cccc(Cl)c3)CC2)cc1. The Bertz CT molecular complexity index is 910. The standard InChI is InChI=1S/C18H21ClN4O3S/c1-27(25,26)21-16-7-5-15(6-8-16)20-18(24)23-11-9-22(10-12-23)17-4-2-3-14(19)13-17/h2-8,13,21H,9-12H2,1H3,(H,20,24). The number of halogens is 1. The van der Waals surface area contributed by atoms with Gasteiger partial charge in [-0.05, 0) is 42.5 Å². The number of carbonyl (C=O) groups is 1. The predicted molar refractivity (Wildman–Crippen MR) is 109 cm³/mol. The second-order valence-electron chi connectivity index (χ2n) is 6.34. The zero-order chi connectivity index (χ0) is 19.4. The van der Waals surface area contributed by atoms with Crippen LogP contribution in [0.3, 0.4) is 0 Å².